The van der Waals surface area contributed by atoms with Crippen molar-refractivity contribution in [2.45, 2.75) is 121 Å². The van der Waals surface area contributed by atoms with Crippen molar-refractivity contribution in [2.75, 3.05) is 123 Å². The first kappa shape index (κ1) is 106. The molecule has 128 heavy (non-hydrogen) atoms. The third kappa shape index (κ3) is 34.2. The van der Waals surface area contributed by atoms with Crippen LogP contribution in [0.4, 0.5) is 75.7 Å². The highest BCUT2D eigenvalue weighted by molar-refractivity contribution is 9.09. The summed E-state index contributed by atoms with van der Waals surface area (Å²) in [6.07, 6.45) is -2.15. The van der Waals surface area contributed by atoms with E-state index >= 15 is 0 Å². The first-order valence-corrected chi connectivity index (χ1v) is 42.0. The van der Waals surface area contributed by atoms with Crippen LogP contribution in [0.1, 0.15) is 86.4 Å². The second kappa shape index (κ2) is 51.0. The fourth-order valence-electron chi connectivity index (χ4n) is 12.2. The Hall–Kier alpha value is -12.2. The quantitative estimate of drug-likeness (QED) is 0.00782. The zero-order chi connectivity index (χ0) is 92.7. The Bertz CT molecular complexity index is 4980. The van der Waals surface area contributed by atoms with Gasteiger partial charge in [0, 0.05) is 143 Å². The molecular formula is C81H103BrF4N16O23S3+2. The maximum atomic E-state index is 13.5. The lowest BCUT2D eigenvalue weighted by Crippen LogP contribution is -2.73. The van der Waals surface area contributed by atoms with Crippen LogP contribution in [-0.4, -0.2) is 268 Å². The van der Waals surface area contributed by atoms with Crippen molar-refractivity contribution in [2.24, 2.45) is 5.73 Å². The predicted octanol–water partition coefficient (Wildman–Crippen LogP) is 8.74. The van der Waals surface area contributed by atoms with Crippen molar-refractivity contribution in [1.82, 2.24) is 34.5 Å². The smallest absolute Gasteiger partial charge is 0.409 e. The van der Waals surface area contributed by atoms with E-state index < -0.39 is 16.8 Å². The molecule has 2 aromatic heterocycles. The van der Waals surface area contributed by atoms with Gasteiger partial charge >= 0.3 is 30.5 Å². The number of nitrogens with two attached hydrogens (primary N) is 5. The van der Waals surface area contributed by atoms with Crippen LogP contribution in [-0.2, 0) is 33.3 Å². The van der Waals surface area contributed by atoms with Gasteiger partial charge in [-0.3, -0.25) is 19.7 Å². The summed E-state index contributed by atoms with van der Waals surface area (Å²) in [5, 5.41) is 63.6. The van der Waals surface area contributed by atoms with E-state index in [0.29, 0.717) is 140 Å². The number of thiocarbonyl (C=S) groups is 1. The molecule has 2 saturated carbocycles. The van der Waals surface area contributed by atoms with Gasteiger partial charge in [0.25, 0.3) is 5.69 Å². The molecule has 7 aliphatic rings. The number of amides is 5. The van der Waals surface area contributed by atoms with Crippen LogP contribution in [0.5, 0.6) is 23.0 Å². The van der Waals surface area contributed by atoms with Gasteiger partial charge in [-0.2, -0.15) is 21.5 Å². The highest BCUT2D eigenvalue weighted by Gasteiger charge is 2.39. The van der Waals surface area contributed by atoms with E-state index in [9.17, 15) is 61.2 Å². The summed E-state index contributed by atoms with van der Waals surface area (Å²) in [5.74, 6) is -2.52. The number of halogens is 5. The minimum atomic E-state index is -2.56. The number of ether oxygens (including phenoxy) is 9. The molecule has 39 nitrogen and oxygen atoms in total. The van der Waals surface area contributed by atoms with Crippen molar-refractivity contribution in [1.29, 1.82) is 10.5 Å². The topological polar surface area (TPSA) is 582 Å². The number of aromatic nitrogens is 2. The molecule has 5 aromatic carbocycles. The van der Waals surface area contributed by atoms with E-state index in [0.717, 1.165) is 49.8 Å². The lowest BCUT2D eigenvalue weighted by molar-refractivity contribution is -0.825. The van der Waals surface area contributed by atoms with Crippen molar-refractivity contribution >= 4 is 132 Å². The molecule has 0 spiro atoms. The lowest BCUT2D eigenvalue weighted by atomic mass is 9.92. The van der Waals surface area contributed by atoms with Gasteiger partial charge in [-0.05, 0) is 76.1 Å². The predicted molar refractivity (Wildman–Crippen MR) is 466 cm³/mol. The number of nitro benzene ring substituents is 1. The summed E-state index contributed by atoms with van der Waals surface area (Å²) in [4.78, 5) is 103. The van der Waals surface area contributed by atoms with Crippen molar-refractivity contribution in [3.63, 3.8) is 0 Å². The van der Waals surface area contributed by atoms with Crippen LogP contribution in [0, 0.1) is 46.6 Å². The molecule has 2 aliphatic carbocycles. The number of aryl methyl sites for hydroxylation is 2. The van der Waals surface area contributed by atoms with E-state index in [2.05, 4.69) is 50.2 Å². The van der Waals surface area contributed by atoms with Gasteiger partial charge in [-0.25, -0.2) is 61.9 Å². The number of carbonyl (C=O) groups is 7. The molecule has 5 amide bonds. The number of Topliss-reactive ketones (excluding diaryl/α,β-unsaturated/α-hetero) is 2. The van der Waals surface area contributed by atoms with Crippen LogP contribution in [0.15, 0.2) is 102 Å². The standard InChI is InChI=1S/C21H25F2N3O3S.C15H17N3O3S.C12H13N3O4.C12H15N3O3S.C7H5N3O3.C6H8F2O.C5H9NO3.C3H5BrO.2H2O/c1-13-12-30-19(24-13)14-7-16(25-15-3-5-21(22,23)6-4-15)9-17(8-14)29-18-10-26(11-18)20(27)28-2;1-9-8-22-14(17-9)10-3-11(16)5-12(4-10)21-13-6-18(7-13)15(19)20-2;1-18-12(16)15-6-11(7-15)19-10-3-8(5-13)2-9(4-10)14-17;1-17-12(16)15-5-10(6-15)18-9-3-7(11(14)19)2-8(13)4-9;8-4-5-1-6(9-11)3-7(2-5)10(12)13;7-6(8)3-1-5(9)2-4-6;1-9-5(8)6-2-4(7)3-6;1-3(5)2-4;;/h7-9,12,15,18,25H,3-6,10-11H2,1-2H3;3-5,8,13H,6-7,16H2,1-2H3;2-4,11,14,17H,6-7H2,1H3;2-4,10H,5-6,13H2,1H3,(H2,14,19);1-3,9,11H;1-4H2;4,7H,2-3H2,1H3;2H2,1H3;2*1H2/p+2. The number of β-amino-alcohol motifs (C(OH)–C–C–N with tert-alkyl or cyclic N) is 1. The zero-order valence-electron chi connectivity index (χ0n) is 70.9. The molecule has 14 rings (SSSR count). The minimum absolute atomic E-state index is 0. The van der Waals surface area contributed by atoms with Gasteiger partial charge in [0.1, 0.15) is 74.0 Å². The first-order chi connectivity index (χ1) is 59.8. The summed E-state index contributed by atoms with van der Waals surface area (Å²) in [6.45, 7) is 10.1. The van der Waals surface area contributed by atoms with E-state index in [-0.39, 0.29) is 150 Å². The Morgan fingerprint density at radius 1 is 0.578 bits per heavy atom. The molecule has 0 bridgehead atoms. The molecule has 7 fully saturated rings. The van der Waals surface area contributed by atoms with Crippen molar-refractivity contribution in [3.8, 4) is 56.3 Å². The third-order valence-electron chi connectivity index (χ3n) is 18.9. The number of nitrogens with zero attached hydrogens (tertiary/aromatic N) is 10. The fraction of sp³-hybridized carbons (Fsp3) is 0.432. The summed E-state index contributed by atoms with van der Waals surface area (Å²) in [6, 6.07) is 28.7. The molecule has 7 aromatic rings. The molecule has 0 unspecified atom stereocenters. The molecule has 18 N–H and O–H groups in total. The Kier molecular flexibility index (Phi) is 42.4. The number of nitrogen functional groups attached to an aromatic ring is 2. The number of thiazole rings is 2. The zero-order valence-corrected chi connectivity index (χ0v) is 74.9. The van der Waals surface area contributed by atoms with Crippen molar-refractivity contribution in [3.05, 3.63) is 140 Å². The number of quaternary nitrogens is 2. The number of nitrogens with one attached hydrogen (secondary N) is 1. The fourth-order valence-corrected chi connectivity index (χ4v) is 13.9. The molecule has 0 atom stereocenters. The number of benzene rings is 5. The molecule has 5 saturated heterocycles. The van der Waals surface area contributed by atoms with Crippen molar-refractivity contribution < 1.29 is 136 Å². The number of aliphatic hydroxyl groups excluding tert-OH is 1. The summed E-state index contributed by atoms with van der Waals surface area (Å²) in [5.41, 5.74) is 26.4. The minimum Gasteiger partial charge on any atom is -0.487 e. The number of methoxy groups -OCH3 is 5. The van der Waals surface area contributed by atoms with Gasteiger partial charge in [0.05, 0.1) is 147 Å². The average Bonchev–Trinajstić information content (AvgIpc) is 1.06. The first-order valence-electron chi connectivity index (χ1n) is 38.7. The SMILES string of the molecule is CC(=O)CBr.COC(=O)N1CC(O)C1.COC(=O)N1CC(Oc2cc(C#N)cc([NH2+]O)c2)C1.COC(=O)N1CC(Oc2cc(N)cc(-c3nc(C)cs3)c2)C1.COC(=O)N1CC(Oc2cc(N)cc(C(N)=S)c2)C1.COC(=O)N1CC(Oc2cc(NC3CCC(F)(F)CC3)cc(-c3nc(C)cs3)c2)C1.N#Cc1cc([NH2+]O)cc([N+](=O)[O-])c1.O.O.O=C1CCC(F)(F)CC1. The van der Waals surface area contributed by atoms with E-state index in [1.807, 2.05) is 61.0 Å². The number of non-ortho nitro benzene ring substituents is 1. The third-order valence-corrected chi connectivity index (χ3v) is 21.9. The molecule has 47 heteroatoms. The number of nitro groups is 1. The molecule has 0 radical (unpaired) electrons. The van der Waals surface area contributed by atoms with Crippen LogP contribution in [0.3, 0.4) is 0 Å². The normalized spacial score (nSPS) is 15.8. The number of hydrogen-bond donors (Lipinski definition) is 9. The lowest BCUT2D eigenvalue weighted by Gasteiger charge is -2.37. The average molecular weight is 1920 g/mol. The highest BCUT2D eigenvalue weighted by atomic mass is 79.9. The largest absolute Gasteiger partial charge is 0.487 e. The Labute approximate surface area is 754 Å². The van der Waals surface area contributed by atoms with Crippen LogP contribution >= 0.6 is 50.8 Å². The van der Waals surface area contributed by atoms with E-state index in [1.165, 1.54) is 64.4 Å². The number of hydrogen-bond acceptors (Lipinski definition) is 31. The summed E-state index contributed by atoms with van der Waals surface area (Å²) in [7, 11) is 6.73. The van der Waals surface area contributed by atoms with Crippen LogP contribution in [0.25, 0.3) is 21.1 Å². The van der Waals surface area contributed by atoms with Gasteiger partial charge in [0.15, 0.2) is 11.4 Å². The maximum absolute atomic E-state index is 13.5. The molecule has 7 heterocycles. The number of carbonyl (C=O) groups excluding carboxylic acids is 7. The Balaban J connectivity index is 0.000000270. The molecular weight excluding hydrogens is 1820 g/mol. The van der Waals surface area contributed by atoms with E-state index in [1.54, 1.807) is 85.9 Å². The molecule has 5 aliphatic heterocycles. The number of ketones is 2. The number of likely N-dealkylation sites (tertiary alicyclic amines) is 5. The number of nitriles is 2. The Morgan fingerprint density at radius 3 is 1.29 bits per heavy atom. The van der Waals surface area contributed by atoms with Gasteiger partial charge in [-0.15, -0.1) is 22.7 Å². The summed E-state index contributed by atoms with van der Waals surface area (Å²) < 4.78 is 97.6. The monoisotopic (exact) mass is 1920 g/mol. The molecule has 696 valence electrons. The highest BCUT2D eigenvalue weighted by Crippen LogP contribution is 2.39. The number of anilines is 3. The van der Waals surface area contributed by atoms with E-state index in [4.69, 9.17) is 79.1 Å². The van der Waals surface area contributed by atoms with Gasteiger partial charge in [-0.1, -0.05) is 28.1 Å². The van der Waals surface area contributed by atoms with Crippen LogP contribution in [0.2, 0.25) is 0 Å². The number of aliphatic hydroxyl groups is 1. The van der Waals surface area contributed by atoms with Gasteiger partial charge in [0.2, 0.25) is 11.8 Å². The summed E-state index contributed by atoms with van der Waals surface area (Å²) >= 11 is 11.0. The number of alkyl halides is 5. The van der Waals surface area contributed by atoms with Gasteiger partial charge < -0.3 is 106 Å². The Morgan fingerprint density at radius 2 is 0.938 bits per heavy atom. The second-order valence-electron chi connectivity index (χ2n) is 29.1. The number of rotatable bonds is 17. The maximum Gasteiger partial charge on any atom is 0.409 e. The second-order valence-corrected chi connectivity index (χ2v) is 31.8. The van der Waals surface area contributed by atoms with Crippen LogP contribution < -0.4 is 52.4 Å².